The number of carbonyl (C=O) groups is 1. The molecule has 3 heterocycles. The molecule has 0 aromatic carbocycles. The van der Waals surface area contributed by atoms with Crippen LogP contribution in [0.2, 0.25) is 0 Å². The number of rotatable bonds is 7. The Hall–Kier alpha value is -1.03. The summed E-state index contributed by atoms with van der Waals surface area (Å²) in [6, 6.07) is -0.907. The van der Waals surface area contributed by atoms with Crippen molar-refractivity contribution in [3.05, 3.63) is 12.7 Å². The Labute approximate surface area is 190 Å². The summed E-state index contributed by atoms with van der Waals surface area (Å²) >= 11 is 0. The van der Waals surface area contributed by atoms with Crippen molar-refractivity contribution in [2.75, 3.05) is 23.5 Å². The summed E-state index contributed by atoms with van der Waals surface area (Å²) in [4.78, 5) is 23.0. The molecule has 7 N–H and O–H groups in total. The van der Waals surface area contributed by atoms with Crippen LogP contribution in [0.5, 0.6) is 0 Å². The highest BCUT2D eigenvalue weighted by Crippen LogP contribution is 2.32. The van der Waals surface area contributed by atoms with Crippen LogP contribution in [0.4, 0.5) is 5.82 Å². The number of aliphatic carboxylic acids is 1. The first-order chi connectivity index (χ1) is 12.8. The fraction of sp³-hybridized carbons (Fsp3) is 0.600. The highest BCUT2D eigenvalue weighted by molar-refractivity contribution is 8.93. The second kappa shape index (κ2) is 10.8. The van der Waals surface area contributed by atoms with E-state index in [2.05, 4.69) is 15.0 Å². The number of halogens is 2. The summed E-state index contributed by atoms with van der Waals surface area (Å²) in [5.41, 5.74) is 12.1. The van der Waals surface area contributed by atoms with Crippen LogP contribution in [0.3, 0.4) is 0 Å². The first-order valence-electron chi connectivity index (χ1n) is 8.31. The Bertz CT molecular complexity index is 830. The number of carboxylic acids is 1. The molecule has 0 saturated carbocycles. The molecule has 0 aliphatic carbocycles. The lowest BCUT2D eigenvalue weighted by molar-refractivity contribution is -0.138. The number of nitrogens with two attached hydrogens (primary N) is 2. The molecule has 1 aliphatic heterocycles. The average molecular weight is 560 g/mol. The fourth-order valence-corrected chi connectivity index (χ4v) is 4.63. The molecule has 1 fully saturated rings. The normalized spacial score (nSPS) is 25.8. The molecular weight excluding hydrogens is 536 g/mol. The fourth-order valence-electron chi connectivity index (χ4n) is 2.97. The SMILES string of the molecule is Br.C[S+](CCC(N)C(=O)O)C[C@H]1O[C@@H](n2cnc3c(N)ncnc32)[C@H](O)[C@@H]1O.[Br-]. The molecule has 2 unspecified atom stereocenters. The Morgan fingerprint density at radius 2 is 2.03 bits per heavy atom. The minimum atomic E-state index is -1.16. The van der Waals surface area contributed by atoms with Gasteiger partial charge in [0.1, 0.15) is 47.7 Å². The summed E-state index contributed by atoms with van der Waals surface area (Å²) in [5, 5.41) is 29.7. The predicted octanol–water partition coefficient (Wildman–Crippen LogP) is -4.34. The maximum atomic E-state index is 10.8. The van der Waals surface area contributed by atoms with E-state index >= 15 is 0 Å². The van der Waals surface area contributed by atoms with Gasteiger partial charge in [-0.15, -0.1) is 17.0 Å². The molecule has 0 spiro atoms. The van der Waals surface area contributed by atoms with Gasteiger partial charge < -0.3 is 48.5 Å². The van der Waals surface area contributed by atoms with Crippen LogP contribution in [-0.4, -0.2) is 82.9 Å². The number of aliphatic hydroxyl groups is 2. The van der Waals surface area contributed by atoms with E-state index in [4.69, 9.17) is 21.3 Å². The highest BCUT2D eigenvalue weighted by Gasteiger charge is 2.46. The summed E-state index contributed by atoms with van der Waals surface area (Å²) in [7, 11) is -0.235. The van der Waals surface area contributed by atoms with E-state index in [-0.39, 0.29) is 50.7 Å². The number of aromatic nitrogens is 4. The third-order valence-corrected chi connectivity index (χ3v) is 6.37. The van der Waals surface area contributed by atoms with Gasteiger partial charge in [0.15, 0.2) is 17.7 Å². The van der Waals surface area contributed by atoms with E-state index < -0.39 is 36.6 Å². The maximum absolute atomic E-state index is 10.8. The zero-order valence-corrected chi connectivity index (χ0v) is 19.6. The third kappa shape index (κ3) is 5.57. The molecule has 1 aliphatic rings. The maximum Gasteiger partial charge on any atom is 0.320 e. The molecular formula is C15H24Br2N6O5S. The van der Waals surface area contributed by atoms with Gasteiger partial charge in [0.05, 0.1) is 12.6 Å². The lowest BCUT2D eigenvalue weighted by Gasteiger charge is -2.16. The van der Waals surface area contributed by atoms with E-state index in [1.165, 1.54) is 17.2 Å². The molecule has 164 valence electrons. The van der Waals surface area contributed by atoms with Crippen LogP contribution >= 0.6 is 17.0 Å². The van der Waals surface area contributed by atoms with Crippen molar-refractivity contribution < 1.29 is 41.8 Å². The van der Waals surface area contributed by atoms with Crippen molar-refractivity contribution in [3.8, 4) is 0 Å². The van der Waals surface area contributed by atoms with Gasteiger partial charge in [-0.25, -0.2) is 15.0 Å². The largest absolute Gasteiger partial charge is 1.00 e. The topological polar surface area (TPSA) is 183 Å². The number of hydrogen-bond acceptors (Lipinski definition) is 9. The molecule has 3 rings (SSSR count). The quantitative estimate of drug-likeness (QED) is 0.208. The van der Waals surface area contributed by atoms with Crippen LogP contribution in [0.15, 0.2) is 12.7 Å². The lowest BCUT2D eigenvalue weighted by Crippen LogP contribution is -3.00. The van der Waals surface area contributed by atoms with E-state index in [9.17, 15) is 15.0 Å². The average Bonchev–Trinajstić information content (AvgIpc) is 3.17. The number of nitrogens with zero attached hydrogens (tertiary/aromatic N) is 4. The number of carboxylic acid groups (broad SMARTS) is 1. The van der Waals surface area contributed by atoms with Gasteiger partial charge in [-0.3, -0.25) is 9.36 Å². The van der Waals surface area contributed by atoms with Crippen molar-refractivity contribution in [1.29, 1.82) is 0 Å². The van der Waals surface area contributed by atoms with Gasteiger partial charge in [0.25, 0.3) is 0 Å². The molecule has 29 heavy (non-hydrogen) atoms. The molecule has 0 amide bonds. The van der Waals surface area contributed by atoms with Crippen LogP contribution < -0.4 is 28.4 Å². The number of aliphatic hydroxyl groups excluding tert-OH is 2. The molecule has 14 heteroatoms. The van der Waals surface area contributed by atoms with Gasteiger partial charge >= 0.3 is 5.97 Å². The number of hydrogen-bond donors (Lipinski definition) is 5. The molecule has 6 atom stereocenters. The highest BCUT2D eigenvalue weighted by atomic mass is 79.9. The van der Waals surface area contributed by atoms with Gasteiger partial charge in [-0.1, -0.05) is 0 Å². The van der Waals surface area contributed by atoms with Crippen molar-refractivity contribution in [2.24, 2.45) is 5.73 Å². The number of anilines is 1. The number of nitrogen functional groups attached to an aromatic ring is 1. The zero-order valence-electron chi connectivity index (χ0n) is 15.5. The second-order valence-electron chi connectivity index (χ2n) is 6.51. The first kappa shape index (κ1) is 26.0. The van der Waals surface area contributed by atoms with Crippen LogP contribution in [-0.2, 0) is 20.4 Å². The summed E-state index contributed by atoms with van der Waals surface area (Å²) in [5.74, 6) is 0.254. The van der Waals surface area contributed by atoms with E-state index in [0.29, 0.717) is 29.1 Å². The summed E-state index contributed by atoms with van der Waals surface area (Å²) in [6.07, 6.45) is 1.31. The molecule has 2 aromatic heterocycles. The van der Waals surface area contributed by atoms with Crippen LogP contribution in [0.1, 0.15) is 12.6 Å². The van der Waals surface area contributed by atoms with Gasteiger partial charge in [-0.2, -0.15) is 0 Å². The van der Waals surface area contributed by atoms with Gasteiger partial charge in [0.2, 0.25) is 0 Å². The van der Waals surface area contributed by atoms with Crippen molar-refractivity contribution in [1.82, 2.24) is 19.5 Å². The number of imidazole rings is 1. The van der Waals surface area contributed by atoms with E-state index in [0.717, 1.165) is 0 Å². The van der Waals surface area contributed by atoms with Crippen molar-refractivity contribution in [2.45, 2.75) is 37.0 Å². The van der Waals surface area contributed by atoms with Crippen molar-refractivity contribution >= 4 is 50.8 Å². The number of ether oxygens (including phenoxy) is 1. The van der Waals surface area contributed by atoms with E-state index in [1.807, 2.05) is 6.26 Å². The summed E-state index contributed by atoms with van der Waals surface area (Å²) in [6.45, 7) is 0. The summed E-state index contributed by atoms with van der Waals surface area (Å²) < 4.78 is 7.41. The Kier molecular flexibility index (Phi) is 9.72. The Morgan fingerprint density at radius 3 is 2.69 bits per heavy atom. The monoisotopic (exact) mass is 558 g/mol. The zero-order chi connectivity index (χ0) is 19.7. The Balaban J connectivity index is 0.00000210. The molecule has 0 radical (unpaired) electrons. The second-order valence-corrected chi connectivity index (χ2v) is 8.82. The Morgan fingerprint density at radius 1 is 1.34 bits per heavy atom. The van der Waals surface area contributed by atoms with Crippen LogP contribution in [0.25, 0.3) is 11.2 Å². The van der Waals surface area contributed by atoms with Gasteiger partial charge in [0, 0.05) is 6.42 Å². The minimum absolute atomic E-state index is 0. The predicted molar refractivity (Wildman–Crippen MR) is 109 cm³/mol. The minimum Gasteiger partial charge on any atom is -1.00 e. The van der Waals surface area contributed by atoms with Crippen molar-refractivity contribution in [3.63, 3.8) is 0 Å². The van der Waals surface area contributed by atoms with Gasteiger partial charge in [-0.05, 0) is 10.9 Å². The first-order valence-corrected chi connectivity index (χ1v) is 10.3. The third-order valence-electron chi connectivity index (χ3n) is 4.54. The molecule has 1 saturated heterocycles. The number of fused-ring (bicyclic) bond motifs is 1. The lowest BCUT2D eigenvalue weighted by atomic mass is 10.1. The standard InChI is InChI=1S/C15H22N6O5S.2BrH/c1-27(3-2-7(16)15(24)25)4-8-10(22)11(23)14(26-8)21-6-20-9-12(17)18-5-19-13(9)21;;/h5-8,10-11,14,22-23H,2-4,16H2,1H3,(H2-,17,18,19,24,25);2*1H/t7?,8-,10-,11-,14-,27?;;/m1../s1. The van der Waals surface area contributed by atoms with E-state index in [1.54, 1.807) is 0 Å². The molecule has 11 nitrogen and oxygen atoms in total. The molecule has 0 bridgehead atoms. The van der Waals surface area contributed by atoms with Crippen LogP contribution in [0, 0.1) is 0 Å². The molecule has 2 aromatic rings. The smallest absolute Gasteiger partial charge is 0.320 e.